The van der Waals surface area contributed by atoms with E-state index in [2.05, 4.69) is 36.6 Å². The van der Waals surface area contributed by atoms with Crippen molar-refractivity contribution in [3.63, 3.8) is 0 Å². The molecule has 1 unspecified atom stereocenters. The molecule has 4 aromatic rings. The van der Waals surface area contributed by atoms with Crippen molar-refractivity contribution in [2.75, 3.05) is 25.5 Å². The Labute approximate surface area is 320 Å². The number of anilines is 1. The number of carbonyl (C=O) groups is 6. The molecule has 0 radical (unpaired) electrons. The average Bonchev–Trinajstić information content (AvgIpc) is 3.94. The van der Waals surface area contributed by atoms with E-state index in [-0.39, 0.29) is 78.7 Å². The van der Waals surface area contributed by atoms with Gasteiger partial charge >= 0.3 is 0 Å². The van der Waals surface area contributed by atoms with Gasteiger partial charge in [0.1, 0.15) is 17.7 Å². The number of aromatic nitrogens is 2. The van der Waals surface area contributed by atoms with Gasteiger partial charge in [-0.3, -0.25) is 44.1 Å². The van der Waals surface area contributed by atoms with Gasteiger partial charge in [-0.1, -0.05) is 6.07 Å². The molecule has 3 aliphatic rings. The second-order valence-corrected chi connectivity index (χ2v) is 14.1. The minimum Gasteiger partial charge on any atom is -0.387 e. The van der Waals surface area contributed by atoms with Gasteiger partial charge in [-0.2, -0.15) is 0 Å². The van der Waals surface area contributed by atoms with Crippen LogP contribution >= 0.6 is 0 Å². The van der Waals surface area contributed by atoms with Crippen LogP contribution in [0.3, 0.4) is 0 Å². The molecule has 2 aliphatic heterocycles. The van der Waals surface area contributed by atoms with Crippen LogP contribution in [0.15, 0.2) is 48.7 Å². The van der Waals surface area contributed by atoms with Crippen LogP contribution in [0.5, 0.6) is 0 Å². The SMILES string of the molecule is CNc1c(C(=O)NC2CC2)cnc2cc(F)c(-c3ccc(C(=O)NCCCCNC(=O)CCc4ccc5c(n4)CN(C4CCC(=O)NC4=O)C5=O)c(F)c3)cc12. The Kier molecular flexibility index (Phi) is 11.0. The highest BCUT2D eigenvalue weighted by atomic mass is 19.1. The van der Waals surface area contributed by atoms with Crippen molar-refractivity contribution in [1.29, 1.82) is 0 Å². The number of amides is 6. The lowest BCUT2D eigenvalue weighted by molar-refractivity contribution is -0.137. The fraction of sp³-hybridized carbons (Fsp3) is 0.350. The first-order valence-electron chi connectivity index (χ1n) is 18.6. The molecule has 2 fully saturated rings. The van der Waals surface area contributed by atoms with Crippen molar-refractivity contribution in [3.8, 4) is 11.1 Å². The molecule has 4 heterocycles. The number of pyridine rings is 2. The smallest absolute Gasteiger partial charge is 0.256 e. The van der Waals surface area contributed by atoms with E-state index in [9.17, 15) is 28.8 Å². The van der Waals surface area contributed by atoms with Crippen LogP contribution < -0.4 is 26.6 Å². The number of benzene rings is 2. The van der Waals surface area contributed by atoms with Gasteiger partial charge in [-0.25, -0.2) is 8.78 Å². The maximum Gasteiger partial charge on any atom is 0.256 e. The zero-order valence-corrected chi connectivity index (χ0v) is 30.6. The molecule has 56 heavy (non-hydrogen) atoms. The molecular formula is C40H40F2N8O6. The predicted octanol–water partition coefficient (Wildman–Crippen LogP) is 3.53. The van der Waals surface area contributed by atoms with Crippen LogP contribution in [0, 0.1) is 11.6 Å². The van der Waals surface area contributed by atoms with Gasteiger partial charge in [-0.05, 0) is 74.4 Å². The van der Waals surface area contributed by atoms with Gasteiger partial charge < -0.3 is 26.2 Å². The summed E-state index contributed by atoms with van der Waals surface area (Å²) in [7, 11) is 1.65. The predicted molar refractivity (Wildman–Crippen MR) is 200 cm³/mol. The van der Waals surface area contributed by atoms with Crippen molar-refractivity contribution >= 4 is 52.0 Å². The van der Waals surface area contributed by atoms with Crippen molar-refractivity contribution in [3.05, 3.63) is 88.4 Å². The van der Waals surface area contributed by atoms with E-state index < -0.39 is 29.5 Å². The minimum atomic E-state index is -0.826. The highest BCUT2D eigenvalue weighted by molar-refractivity contribution is 6.08. The highest BCUT2D eigenvalue weighted by Gasteiger charge is 2.39. The number of fused-ring (bicyclic) bond motifs is 2. The van der Waals surface area contributed by atoms with Gasteiger partial charge in [0, 0.05) is 67.9 Å². The molecule has 0 spiro atoms. The first-order chi connectivity index (χ1) is 27.0. The summed E-state index contributed by atoms with van der Waals surface area (Å²) >= 11 is 0. The van der Waals surface area contributed by atoms with Gasteiger partial charge in [-0.15, -0.1) is 0 Å². The molecule has 6 amide bonds. The third kappa shape index (κ3) is 8.18. The van der Waals surface area contributed by atoms with Crippen molar-refractivity contribution in [1.82, 2.24) is 36.1 Å². The van der Waals surface area contributed by atoms with Crippen LogP contribution in [0.1, 0.15) is 87.4 Å². The van der Waals surface area contributed by atoms with E-state index in [4.69, 9.17) is 0 Å². The number of imide groups is 1. The summed E-state index contributed by atoms with van der Waals surface area (Å²) in [6, 6.07) is 9.33. The second-order valence-electron chi connectivity index (χ2n) is 14.1. The number of rotatable bonds is 14. The Morgan fingerprint density at radius 1 is 0.893 bits per heavy atom. The van der Waals surface area contributed by atoms with Crippen LogP contribution in [0.25, 0.3) is 22.0 Å². The number of aryl methyl sites for hydroxylation is 1. The quantitative estimate of drug-likeness (QED) is 0.0944. The third-order valence-corrected chi connectivity index (χ3v) is 10.1. The first-order valence-corrected chi connectivity index (χ1v) is 18.6. The molecule has 1 aliphatic carbocycles. The lowest BCUT2D eigenvalue weighted by atomic mass is 9.99. The van der Waals surface area contributed by atoms with Crippen LogP contribution in [0.2, 0.25) is 0 Å². The fourth-order valence-electron chi connectivity index (χ4n) is 6.96. The lowest BCUT2D eigenvalue weighted by Crippen LogP contribution is -2.52. The summed E-state index contributed by atoms with van der Waals surface area (Å²) in [5.41, 5.74) is 2.77. The molecule has 0 bridgehead atoms. The van der Waals surface area contributed by atoms with Gasteiger partial charge in [0.15, 0.2) is 0 Å². The van der Waals surface area contributed by atoms with E-state index in [0.717, 1.165) is 18.9 Å². The molecule has 1 atom stereocenters. The number of hydrogen-bond donors (Lipinski definition) is 5. The fourth-order valence-corrected chi connectivity index (χ4v) is 6.96. The maximum absolute atomic E-state index is 15.2. The summed E-state index contributed by atoms with van der Waals surface area (Å²) in [5, 5.41) is 14.2. The number of nitrogens with zero attached hydrogens (tertiary/aromatic N) is 3. The number of hydrogen-bond acceptors (Lipinski definition) is 9. The summed E-state index contributed by atoms with van der Waals surface area (Å²) in [6.07, 6.45) is 5.23. The number of nitrogens with one attached hydrogen (secondary N) is 5. The molecule has 14 nitrogen and oxygen atoms in total. The highest BCUT2D eigenvalue weighted by Crippen LogP contribution is 2.34. The zero-order valence-electron chi connectivity index (χ0n) is 30.6. The minimum absolute atomic E-state index is 0.0851. The second kappa shape index (κ2) is 16.2. The summed E-state index contributed by atoms with van der Waals surface area (Å²) in [4.78, 5) is 85.0. The number of piperidine rings is 1. The monoisotopic (exact) mass is 766 g/mol. The van der Waals surface area contributed by atoms with Gasteiger partial charge in [0.05, 0.1) is 40.1 Å². The largest absolute Gasteiger partial charge is 0.387 e. The molecule has 7 rings (SSSR count). The molecule has 290 valence electrons. The van der Waals surface area contributed by atoms with Crippen LogP contribution in [-0.2, 0) is 27.3 Å². The number of unbranched alkanes of at least 4 members (excludes halogenated alkanes) is 1. The Balaban J connectivity index is 0.858. The standard InChI is InChI=1S/C40H40F2N8O6/c1-43-36-27-17-26(30(42)18-31(27)46-19-28(36)38(54)48-23-5-6-23)21-4-9-24(29(41)16-21)37(53)45-15-3-2-14-44-34(51)12-8-22-7-10-25-32(47-22)20-50(40(25)56)33-11-13-35(52)49-39(33)55/h4,7,9-10,16-19,23,33H,2-3,5-6,8,11-15,20H2,1H3,(H,43,46)(H,44,51)(H,45,53)(H,48,54)(H,49,52,55). The summed E-state index contributed by atoms with van der Waals surface area (Å²) in [5.74, 6) is -3.73. The van der Waals surface area contributed by atoms with Crippen LogP contribution in [0.4, 0.5) is 14.5 Å². The van der Waals surface area contributed by atoms with E-state index in [1.807, 2.05) is 0 Å². The molecule has 16 heteroatoms. The summed E-state index contributed by atoms with van der Waals surface area (Å²) in [6.45, 7) is 0.749. The van der Waals surface area contributed by atoms with E-state index in [1.54, 1.807) is 19.2 Å². The Hall–Kier alpha value is -6.32. The lowest BCUT2D eigenvalue weighted by Gasteiger charge is -2.29. The molecule has 5 N–H and O–H groups in total. The van der Waals surface area contributed by atoms with Crippen LogP contribution in [-0.4, -0.2) is 82.5 Å². The third-order valence-electron chi connectivity index (χ3n) is 10.1. The Bertz CT molecular complexity index is 2280. The number of carbonyl (C=O) groups excluding carboxylic acids is 6. The molecule has 1 saturated heterocycles. The van der Waals surface area contributed by atoms with E-state index >= 15 is 8.78 Å². The van der Waals surface area contributed by atoms with E-state index in [1.165, 1.54) is 35.4 Å². The van der Waals surface area contributed by atoms with Crippen molar-refractivity contribution < 1.29 is 37.5 Å². The molecule has 2 aromatic heterocycles. The molecule has 1 saturated carbocycles. The number of halogens is 2. The normalized spacial score (nSPS) is 16.4. The van der Waals surface area contributed by atoms with Gasteiger partial charge in [0.25, 0.3) is 17.7 Å². The van der Waals surface area contributed by atoms with Gasteiger partial charge in [0.2, 0.25) is 17.7 Å². The first kappa shape index (κ1) is 38.0. The van der Waals surface area contributed by atoms with E-state index in [0.29, 0.717) is 64.9 Å². The average molecular weight is 767 g/mol. The molecular weight excluding hydrogens is 726 g/mol. The maximum atomic E-state index is 15.2. The topological polar surface area (TPSA) is 192 Å². The van der Waals surface area contributed by atoms with Crippen molar-refractivity contribution in [2.45, 2.75) is 70.0 Å². The van der Waals surface area contributed by atoms with Crippen molar-refractivity contribution in [2.24, 2.45) is 0 Å². The zero-order chi connectivity index (χ0) is 39.5. The summed E-state index contributed by atoms with van der Waals surface area (Å²) < 4.78 is 30.5. The Morgan fingerprint density at radius 3 is 2.41 bits per heavy atom. The Morgan fingerprint density at radius 2 is 1.68 bits per heavy atom. The molecule has 2 aromatic carbocycles.